The first-order chi connectivity index (χ1) is 11.7. The highest BCUT2D eigenvalue weighted by atomic mass is 16.2. The van der Waals surface area contributed by atoms with Crippen LogP contribution in [-0.2, 0) is 9.59 Å². The van der Waals surface area contributed by atoms with Gasteiger partial charge in [-0.2, -0.15) is 0 Å². The maximum atomic E-state index is 13.1. The number of carbonyl (C=O) groups is 2. The summed E-state index contributed by atoms with van der Waals surface area (Å²) in [6, 6.07) is 0. The zero-order chi connectivity index (χ0) is 18.8. The molecule has 2 rings (SSSR count). The molecule has 1 fully saturated rings. The smallest absolute Gasteiger partial charge is 0.224 e. The topological polar surface area (TPSA) is 72.2 Å². The Morgan fingerprint density at radius 2 is 1.92 bits per heavy atom. The monoisotopic (exact) mass is 348 g/mol. The number of fused-ring (bicyclic) bond motifs is 2. The van der Waals surface area contributed by atoms with Crippen LogP contribution in [0.15, 0.2) is 12.2 Å². The third-order valence-electron chi connectivity index (χ3n) is 6.86. The Labute approximate surface area is 153 Å². The summed E-state index contributed by atoms with van der Waals surface area (Å²) in [5, 5.41) is 3.17. The minimum absolute atomic E-state index is 0.0144. The van der Waals surface area contributed by atoms with E-state index >= 15 is 0 Å². The van der Waals surface area contributed by atoms with E-state index in [4.69, 9.17) is 5.73 Å². The van der Waals surface area contributed by atoms with Crippen molar-refractivity contribution >= 4 is 11.8 Å². The van der Waals surface area contributed by atoms with E-state index in [1.165, 1.54) is 12.8 Å². The summed E-state index contributed by atoms with van der Waals surface area (Å²) >= 11 is 0. The van der Waals surface area contributed by atoms with Gasteiger partial charge in [0.25, 0.3) is 0 Å². The third-order valence-corrected chi connectivity index (χ3v) is 6.86. The van der Waals surface area contributed by atoms with Crippen LogP contribution in [0.25, 0.3) is 0 Å². The van der Waals surface area contributed by atoms with E-state index in [2.05, 4.69) is 52.1 Å². The Kier molecular flexibility index (Phi) is 6.01. The first kappa shape index (κ1) is 20.0. The number of unbranched alkanes of at least 4 members (excludes halogenated alkanes) is 1. The molecular weight excluding hydrogens is 312 g/mol. The van der Waals surface area contributed by atoms with Gasteiger partial charge < -0.3 is 11.1 Å². The van der Waals surface area contributed by atoms with E-state index in [0.717, 1.165) is 19.3 Å². The number of primary amides is 1. The minimum Gasteiger partial charge on any atom is -0.369 e. The molecule has 1 saturated carbocycles. The van der Waals surface area contributed by atoms with Crippen molar-refractivity contribution in [3.8, 4) is 0 Å². The van der Waals surface area contributed by atoms with Crippen molar-refractivity contribution in [1.82, 2.24) is 5.32 Å². The van der Waals surface area contributed by atoms with Crippen molar-refractivity contribution in [1.29, 1.82) is 0 Å². The average Bonchev–Trinajstić information content (AvgIpc) is 3.04. The standard InChI is InChI=1S/C21H36N2O2/c1-6-8-9-15(7-2)12-23-19(25)17-16(18(22)24)20(5)10-11-21(17,13-20)14(3)4/h10-11,14-17H,6-9,12-13H2,1-5H3,(H2,22,24)(H,23,25). The molecular formula is C21H36N2O2. The van der Waals surface area contributed by atoms with Gasteiger partial charge in [-0.1, -0.05) is 66.0 Å². The van der Waals surface area contributed by atoms with Crippen molar-refractivity contribution in [2.24, 2.45) is 40.2 Å². The lowest BCUT2D eigenvalue weighted by atomic mass is 9.66. The van der Waals surface area contributed by atoms with Gasteiger partial charge in [-0.15, -0.1) is 0 Å². The molecule has 2 aliphatic rings. The molecule has 0 aromatic rings. The van der Waals surface area contributed by atoms with Crippen LogP contribution in [0.4, 0.5) is 0 Å². The van der Waals surface area contributed by atoms with E-state index in [1.54, 1.807) is 0 Å². The van der Waals surface area contributed by atoms with Gasteiger partial charge in [0.1, 0.15) is 0 Å². The van der Waals surface area contributed by atoms with Gasteiger partial charge >= 0.3 is 0 Å². The molecule has 5 atom stereocenters. The predicted molar refractivity (Wildman–Crippen MR) is 102 cm³/mol. The fourth-order valence-electron chi connectivity index (χ4n) is 5.18. The van der Waals surface area contributed by atoms with Gasteiger partial charge in [0, 0.05) is 12.0 Å². The number of hydrogen-bond acceptors (Lipinski definition) is 2. The minimum atomic E-state index is -0.407. The number of allylic oxidation sites excluding steroid dienone is 2. The van der Waals surface area contributed by atoms with Crippen LogP contribution >= 0.6 is 0 Å². The Bertz CT molecular complexity index is 542. The first-order valence-corrected chi connectivity index (χ1v) is 9.99. The second-order valence-electron chi connectivity index (χ2n) is 8.80. The zero-order valence-corrected chi connectivity index (χ0v) is 16.6. The van der Waals surface area contributed by atoms with Gasteiger partial charge in [0.15, 0.2) is 0 Å². The van der Waals surface area contributed by atoms with Crippen LogP contribution < -0.4 is 11.1 Å². The lowest BCUT2D eigenvalue weighted by Gasteiger charge is -2.38. The lowest BCUT2D eigenvalue weighted by molar-refractivity contribution is -0.137. The predicted octanol–water partition coefficient (Wildman–Crippen LogP) is 3.66. The summed E-state index contributed by atoms with van der Waals surface area (Å²) in [6.07, 6.45) is 9.74. The number of carbonyl (C=O) groups excluding carboxylic acids is 2. The zero-order valence-electron chi connectivity index (χ0n) is 16.6. The molecule has 0 saturated heterocycles. The van der Waals surface area contributed by atoms with Crippen LogP contribution in [0.5, 0.6) is 0 Å². The van der Waals surface area contributed by atoms with Gasteiger partial charge in [-0.3, -0.25) is 9.59 Å². The molecule has 0 heterocycles. The fourth-order valence-corrected chi connectivity index (χ4v) is 5.18. The van der Waals surface area contributed by atoms with Gasteiger partial charge in [0.05, 0.1) is 11.8 Å². The molecule has 25 heavy (non-hydrogen) atoms. The van der Waals surface area contributed by atoms with Crippen molar-refractivity contribution in [2.45, 2.75) is 66.7 Å². The van der Waals surface area contributed by atoms with Gasteiger partial charge in [0.2, 0.25) is 11.8 Å². The van der Waals surface area contributed by atoms with Crippen molar-refractivity contribution in [3.05, 3.63) is 12.2 Å². The number of amides is 2. The molecule has 2 bridgehead atoms. The highest BCUT2D eigenvalue weighted by Crippen LogP contribution is 2.65. The Balaban J connectivity index is 2.18. The maximum Gasteiger partial charge on any atom is 0.224 e. The number of nitrogens with two attached hydrogens (primary N) is 1. The molecule has 0 radical (unpaired) electrons. The van der Waals surface area contributed by atoms with E-state index in [1.807, 2.05) is 0 Å². The van der Waals surface area contributed by atoms with E-state index < -0.39 is 5.92 Å². The quantitative estimate of drug-likeness (QED) is 0.624. The Morgan fingerprint density at radius 1 is 1.24 bits per heavy atom. The fraction of sp³-hybridized carbons (Fsp3) is 0.810. The summed E-state index contributed by atoms with van der Waals surface area (Å²) in [7, 11) is 0. The third kappa shape index (κ3) is 3.50. The van der Waals surface area contributed by atoms with Crippen molar-refractivity contribution < 1.29 is 9.59 Å². The summed E-state index contributed by atoms with van der Waals surface area (Å²) < 4.78 is 0. The maximum absolute atomic E-state index is 13.1. The molecule has 5 unspecified atom stereocenters. The Morgan fingerprint density at radius 3 is 2.44 bits per heavy atom. The first-order valence-electron chi connectivity index (χ1n) is 9.99. The molecule has 0 aliphatic heterocycles. The molecule has 4 nitrogen and oxygen atoms in total. The molecule has 0 aromatic heterocycles. The normalized spacial score (nSPS) is 34.5. The molecule has 0 aromatic carbocycles. The van der Waals surface area contributed by atoms with E-state index in [-0.39, 0.29) is 28.6 Å². The summed E-state index contributed by atoms with van der Waals surface area (Å²) in [4.78, 5) is 25.4. The second kappa shape index (κ2) is 7.51. The Hall–Kier alpha value is -1.32. The molecule has 4 heteroatoms. The lowest BCUT2D eigenvalue weighted by Crippen LogP contribution is -2.49. The van der Waals surface area contributed by atoms with E-state index in [9.17, 15) is 9.59 Å². The van der Waals surface area contributed by atoms with Crippen LogP contribution in [0.2, 0.25) is 0 Å². The number of rotatable bonds is 9. The van der Waals surface area contributed by atoms with E-state index in [0.29, 0.717) is 18.4 Å². The largest absolute Gasteiger partial charge is 0.369 e. The van der Waals surface area contributed by atoms with Crippen molar-refractivity contribution in [3.63, 3.8) is 0 Å². The summed E-state index contributed by atoms with van der Waals surface area (Å²) in [6.45, 7) is 11.4. The number of hydrogen-bond donors (Lipinski definition) is 2. The van der Waals surface area contributed by atoms with Crippen molar-refractivity contribution in [2.75, 3.05) is 6.54 Å². The average molecular weight is 349 g/mol. The van der Waals surface area contributed by atoms with Gasteiger partial charge in [-0.25, -0.2) is 0 Å². The molecule has 142 valence electrons. The summed E-state index contributed by atoms with van der Waals surface area (Å²) in [5.41, 5.74) is 5.22. The highest BCUT2D eigenvalue weighted by molar-refractivity contribution is 5.90. The van der Waals surface area contributed by atoms with Crippen LogP contribution in [-0.4, -0.2) is 18.4 Å². The van der Waals surface area contributed by atoms with Crippen LogP contribution in [0.3, 0.4) is 0 Å². The van der Waals surface area contributed by atoms with Crippen LogP contribution in [0, 0.1) is 34.5 Å². The SMILES string of the molecule is CCCCC(CC)CNC(=O)C1C(C(N)=O)C2(C)C=CC1(C(C)C)C2. The summed E-state index contributed by atoms with van der Waals surface area (Å²) in [5.74, 6) is -0.268. The molecule has 2 aliphatic carbocycles. The number of nitrogens with one attached hydrogen (secondary N) is 1. The molecule has 3 N–H and O–H groups in total. The van der Waals surface area contributed by atoms with Crippen LogP contribution in [0.1, 0.15) is 66.7 Å². The molecule has 0 spiro atoms. The highest BCUT2D eigenvalue weighted by Gasteiger charge is 2.65. The second-order valence-corrected chi connectivity index (χ2v) is 8.80. The molecule has 2 amide bonds. The van der Waals surface area contributed by atoms with Gasteiger partial charge in [-0.05, 0) is 30.1 Å².